The molecule has 0 saturated heterocycles. The number of aryl methyl sites for hydroxylation is 2. The second-order valence-electron chi connectivity index (χ2n) is 4.51. The Bertz CT molecular complexity index is 686. The summed E-state index contributed by atoms with van der Waals surface area (Å²) in [6, 6.07) is 9.04. The van der Waals surface area contributed by atoms with Crippen LogP contribution in [0.1, 0.15) is 15.3 Å². The van der Waals surface area contributed by atoms with Gasteiger partial charge in [-0.1, -0.05) is 12.1 Å². The van der Waals surface area contributed by atoms with Gasteiger partial charge < -0.3 is 5.32 Å². The Morgan fingerprint density at radius 3 is 2.50 bits per heavy atom. The van der Waals surface area contributed by atoms with Crippen molar-refractivity contribution in [2.75, 3.05) is 12.4 Å². The molecular weight excluding hydrogens is 292 g/mol. The minimum atomic E-state index is -3.45. The van der Waals surface area contributed by atoms with E-state index in [1.807, 2.05) is 6.07 Å². The molecule has 0 bridgehead atoms. The summed E-state index contributed by atoms with van der Waals surface area (Å²) in [4.78, 5) is 2.75. The Morgan fingerprint density at radius 2 is 1.90 bits per heavy atom. The number of rotatable bonds is 5. The minimum absolute atomic E-state index is 0.271. The van der Waals surface area contributed by atoms with Crippen molar-refractivity contribution < 1.29 is 8.42 Å². The average Bonchev–Trinajstić information content (AvgIpc) is 2.76. The van der Waals surface area contributed by atoms with E-state index in [9.17, 15) is 8.42 Å². The molecule has 0 unspecified atom stereocenters. The van der Waals surface area contributed by atoms with Crippen LogP contribution in [0.25, 0.3) is 0 Å². The third-order valence-electron chi connectivity index (χ3n) is 3.12. The van der Waals surface area contributed by atoms with Gasteiger partial charge in [0.2, 0.25) is 10.0 Å². The van der Waals surface area contributed by atoms with E-state index in [2.05, 4.69) is 30.0 Å². The third-order valence-corrected chi connectivity index (χ3v) is 5.74. The lowest BCUT2D eigenvalue weighted by Crippen LogP contribution is -2.20. The first-order valence-corrected chi connectivity index (χ1v) is 8.56. The Kier molecular flexibility index (Phi) is 4.47. The molecule has 2 rings (SSSR count). The molecule has 1 aromatic heterocycles. The first kappa shape index (κ1) is 15.0. The normalized spacial score (nSPS) is 11.6. The van der Waals surface area contributed by atoms with E-state index in [0.717, 1.165) is 0 Å². The number of benzene rings is 1. The zero-order valence-electron chi connectivity index (χ0n) is 11.7. The number of anilines is 1. The first-order chi connectivity index (χ1) is 9.44. The van der Waals surface area contributed by atoms with Gasteiger partial charge in [0.05, 0.1) is 5.69 Å². The van der Waals surface area contributed by atoms with Crippen LogP contribution in [0.4, 0.5) is 5.69 Å². The molecule has 0 spiro atoms. The molecule has 0 atom stereocenters. The summed E-state index contributed by atoms with van der Waals surface area (Å²) in [5.74, 6) is 0. The van der Waals surface area contributed by atoms with Crippen molar-refractivity contribution in [1.82, 2.24) is 4.72 Å². The van der Waals surface area contributed by atoms with Gasteiger partial charge in [0.25, 0.3) is 0 Å². The zero-order chi connectivity index (χ0) is 14.8. The van der Waals surface area contributed by atoms with E-state index < -0.39 is 10.0 Å². The van der Waals surface area contributed by atoms with Gasteiger partial charge in [-0.2, -0.15) is 0 Å². The predicted octanol–water partition coefficient (Wildman–Crippen LogP) is 2.89. The Balaban J connectivity index is 2.22. The quantitative estimate of drug-likeness (QED) is 0.893. The molecule has 6 heteroatoms. The second kappa shape index (κ2) is 5.95. The van der Waals surface area contributed by atoms with Crippen molar-refractivity contribution in [1.29, 1.82) is 0 Å². The molecule has 0 aliphatic rings. The van der Waals surface area contributed by atoms with Gasteiger partial charge in [0.15, 0.2) is 0 Å². The van der Waals surface area contributed by atoms with Crippen molar-refractivity contribution in [2.45, 2.75) is 25.3 Å². The lowest BCUT2D eigenvalue weighted by molar-refractivity contribution is 0.588. The number of hydrogen-bond donors (Lipinski definition) is 2. The monoisotopic (exact) mass is 310 g/mol. The summed E-state index contributed by atoms with van der Waals surface area (Å²) in [7, 11) is -2.03. The molecule has 0 radical (unpaired) electrons. The zero-order valence-corrected chi connectivity index (χ0v) is 13.4. The highest BCUT2D eigenvalue weighted by Crippen LogP contribution is 2.24. The second-order valence-corrected chi connectivity index (χ2v) is 7.71. The number of para-hydroxylation sites is 1. The summed E-state index contributed by atoms with van der Waals surface area (Å²) in [5, 5.41) is 3.20. The maximum Gasteiger partial charge on any atom is 0.242 e. The highest BCUT2D eigenvalue weighted by atomic mass is 32.2. The smallest absolute Gasteiger partial charge is 0.242 e. The fraction of sp³-hybridized carbons (Fsp3) is 0.286. The molecule has 0 amide bonds. The molecule has 0 saturated carbocycles. The van der Waals surface area contributed by atoms with Crippen LogP contribution in [-0.2, 0) is 16.6 Å². The first-order valence-electron chi connectivity index (χ1n) is 6.26. The van der Waals surface area contributed by atoms with Crippen molar-refractivity contribution in [2.24, 2.45) is 0 Å². The van der Waals surface area contributed by atoms with Crippen LogP contribution in [0.15, 0.2) is 35.2 Å². The molecule has 0 aliphatic heterocycles. The maximum atomic E-state index is 11.9. The molecule has 0 aliphatic carbocycles. The fourth-order valence-corrected chi connectivity index (χ4v) is 3.78. The van der Waals surface area contributed by atoms with Gasteiger partial charge in [0.1, 0.15) is 4.90 Å². The fourth-order valence-electron chi connectivity index (χ4n) is 1.88. The van der Waals surface area contributed by atoms with Crippen molar-refractivity contribution >= 4 is 27.0 Å². The predicted molar refractivity (Wildman–Crippen MR) is 83.8 cm³/mol. The van der Waals surface area contributed by atoms with Crippen molar-refractivity contribution in [3.05, 3.63) is 45.6 Å². The van der Waals surface area contributed by atoms with Gasteiger partial charge in [-0.25, -0.2) is 13.1 Å². The van der Waals surface area contributed by atoms with Gasteiger partial charge in [-0.3, -0.25) is 0 Å². The van der Waals surface area contributed by atoms with Crippen LogP contribution in [-0.4, -0.2) is 15.5 Å². The largest absolute Gasteiger partial charge is 0.379 e. The van der Waals surface area contributed by atoms with Crippen molar-refractivity contribution in [3.8, 4) is 0 Å². The van der Waals surface area contributed by atoms with E-state index in [4.69, 9.17) is 0 Å². The third kappa shape index (κ3) is 3.20. The summed E-state index contributed by atoms with van der Waals surface area (Å²) >= 11 is 1.73. The molecule has 0 fully saturated rings. The Hall–Kier alpha value is -1.37. The number of hydrogen-bond acceptors (Lipinski definition) is 4. The van der Waals surface area contributed by atoms with E-state index in [-0.39, 0.29) is 4.90 Å². The van der Waals surface area contributed by atoms with Crippen LogP contribution >= 0.6 is 11.3 Å². The van der Waals surface area contributed by atoms with Gasteiger partial charge in [-0.05, 0) is 44.7 Å². The summed E-state index contributed by atoms with van der Waals surface area (Å²) < 4.78 is 26.2. The van der Waals surface area contributed by atoms with E-state index >= 15 is 0 Å². The van der Waals surface area contributed by atoms with Crippen LogP contribution in [0.2, 0.25) is 0 Å². The molecule has 20 heavy (non-hydrogen) atoms. The highest BCUT2D eigenvalue weighted by molar-refractivity contribution is 7.89. The van der Waals surface area contributed by atoms with Crippen LogP contribution in [0.3, 0.4) is 0 Å². The lowest BCUT2D eigenvalue weighted by Gasteiger charge is -2.11. The average molecular weight is 310 g/mol. The molecule has 2 N–H and O–H groups in total. The van der Waals surface area contributed by atoms with Crippen LogP contribution in [0.5, 0.6) is 0 Å². The molecule has 4 nitrogen and oxygen atoms in total. The molecular formula is C14H18N2O2S2. The molecule has 1 aromatic carbocycles. The van der Waals surface area contributed by atoms with E-state index in [1.54, 1.807) is 29.5 Å². The number of thiophene rings is 1. The van der Waals surface area contributed by atoms with Gasteiger partial charge in [0, 0.05) is 16.3 Å². The lowest BCUT2D eigenvalue weighted by atomic mass is 10.3. The Labute approximate surface area is 123 Å². The van der Waals surface area contributed by atoms with Crippen molar-refractivity contribution in [3.63, 3.8) is 0 Å². The minimum Gasteiger partial charge on any atom is -0.379 e. The molecule has 108 valence electrons. The summed E-state index contributed by atoms with van der Waals surface area (Å²) in [6.07, 6.45) is 0. The Morgan fingerprint density at radius 1 is 1.20 bits per heavy atom. The standard InChI is InChI=1S/C14H18N2O2S2/c1-10-8-12(19-11(10)2)9-16-13-6-4-5-7-14(13)20(17,18)15-3/h4-8,15-16H,9H2,1-3H3. The summed E-state index contributed by atoms with van der Waals surface area (Å²) in [6.45, 7) is 4.78. The topological polar surface area (TPSA) is 58.2 Å². The maximum absolute atomic E-state index is 11.9. The van der Waals surface area contributed by atoms with Gasteiger partial charge >= 0.3 is 0 Å². The highest BCUT2D eigenvalue weighted by Gasteiger charge is 2.15. The SMILES string of the molecule is CNS(=O)(=O)c1ccccc1NCc1cc(C)c(C)s1. The number of nitrogens with one attached hydrogen (secondary N) is 2. The van der Waals surface area contributed by atoms with E-state index in [0.29, 0.717) is 12.2 Å². The summed E-state index contributed by atoms with van der Waals surface area (Å²) in [5.41, 5.74) is 1.88. The van der Waals surface area contributed by atoms with Gasteiger partial charge in [-0.15, -0.1) is 11.3 Å². The molecule has 1 heterocycles. The molecule has 2 aromatic rings. The van der Waals surface area contributed by atoms with E-state index in [1.165, 1.54) is 22.4 Å². The van der Waals surface area contributed by atoms with Crippen LogP contribution in [0, 0.1) is 13.8 Å². The van der Waals surface area contributed by atoms with Crippen LogP contribution < -0.4 is 10.0 Å². The number of sulfonamides is 1.